The van der Waals surface area contributed by atoms with Crippen molar-refractivity contribution in [1.82, 2.24) is 15.1 Å². The van der Waals surface area contributed by atoms with Crippen LogP contribution >= 0.6 is 0 Å². The molecular weight excluding hydrogens is 329 g/mol. The molecule has 1 aromatic carbocycles. The van der Waals surface area contributed by atoms with E-state index in [2.05, 4.69) is 10.2 Å². The summed E-state index contributed by atoms with van der Waals surface area (Å²) in [6.45, 7) is 6.76. The largest absolute Gasteiger partial charge is 0.496 e. The first-order chi connectivity index (χ1) is 12.3. The van der Waals surface area contributed by atoms with Gasteiger partial charge >= 0.3 is 6.09 Å². The van der Waals surface area contributed by atoms with Gasteiger partial charge in [-0.3, -0.25) is 0 Å². The molecule has 1 amide bonds. The predicted octanol–water partition coefficient (Wildman–Crippen LogP) is 2.28. The van der Waals surface area contributed by atoms with Gasteiger partial charge in [-0.15, -0.1) is 0 Å². The van der Waals surface area contributed by atoms with Gasteiger partial charge in [0.1, 0.15) is 19.2 Å². The minimum absolute atomic E-state index is 0.178. The minimum Gasteiger partial charge on any atom is -0.496 e. The molecule has 0 saturated carbocycles. The minimum atomic E-state index is -0.484. The Bertz CT molecular complexity index is 797. The molecule has 1 fully saturated rings. The fourth-order valence-electron chi connectivity index (χ4n) is 2.76. The van der Waals surface area contributed by atoms with Gasteiger partial charge in [0.2, 0.25) is 0 Å². The maximum atomic E-state index is 12.0. The summed E-state index contributed by atoms with van der Waals surface area (Å²) >= 11 is 0. The summed E-state index contributed by atoms with van der Waals surface area (Å²) in [7, 11) is 7.38. The maximum absolute atomic E-state index is 12.0. The van der Waals surface area contributed by atoms with E-state index >= 15 is 0 Å². The number of hydrogen-bond donors (Lipinski definition) is 0. The van der Waals surface area contributed by atoms with Crippen LogP contribution in [0.4, 0.5) is 4.79 Å². The number of carbonyl (C=O) groups is 1. The second-order valence-corrected chi connectivity index (χ2v) is 7.39. The highest BCUT2D eigenvalue weighted by Crippen LogP contribution is 2.30. The molecule has 0 aliphatic carbocycles. The first-order valence-corrected chi connectivity index (χ1v) is 8.52. The Morgan fingerprint density at radius 2 is 1.92 bits per heavy atom. The molecule has 26 heavy (non-hydrogen) atoms. The Kier molecular flexibility index (Phi) is 4.89. The quantitative estimate of drug-likeness (QED) is 0.794. The Morgan fingerprint density at radius 1 is 1.19 bits per heavy atom. The Labute approximate surface area is 154 Å². The van der Waals surface area contributed by atoms with Crippen molar-refractivity contribution in [3.05, 3.63) is 36.0 Å². The van der Waals surface area contributed by atoms with Crippen molar-refractivity contribution in [2.75, 3.05) is 20.2 Å². The van der Waals surface area contributed by atoms with Gasteiger partial charge in [0.05, 0.1) is 18.5 Å². The third-order valence-electron chi connectivity index (χ3n) is 4.14. The molecule has 1 aliphatic rings. The van der Waals surface area contributed by atoms with E-state index in [1.807, 2.05) is 39.0 Å². The Hall–Kier alpha value is -2.57. The van der Waals surface area contributed by atoms with Gasteiger partial charge in [-0.25, -0.2) is 4.79 Å². The van der Waals surface area contributed by atoms with Crippen molar-refractivity contribution in [3.63, 3.8) is 0 Å². The lowest BCUT2D eigenvalue weighted by molar-refractivity contribution is 0.00780. The molecule has 0 unspecified atom stereocenters. The van der Waals surface area contributed by atoms with Crippen molar-refractivity contribution >= 4 is 19.4 Å². The van der Waals surface area contributed by atoms with Crippen molar-refractivity contribution in [2.24, 2.45) is 0 Å². The Balaban J connectivity index is 1.66. The summed E-state index contributed by atoms with van der Waals surface area (Å²) in [6.07, 6.45) is -0.287. The maximum Gasteiger partial charge on any atom is 0.410 e. The first-order valence-electron chi connectivity index (χ1n) is 8.52. The molecule has 0 atom stereocenters. The van der Waals surface area contributed by atoms with Crippen LogP contribution in [0.3, 0.4) is 0 Å². The predicted molar refractivity (Wildman–Crippen MR) is 100.0 cm³/mol. The number of benzene rings is 1. The van der Waals surface area contributed by atoms with Crippen molar-refractivity contribution in [3.8, 4) is 17.0 Å². The van der Waals surface area contributed by atoms with E-state index in [1.165, 1.54) is 0 Å². The molecule has 1 saturated heterocycles. The van der Waals surface area contributed by atoms with Crippen LogP contribution in [0, 0.1) is 0 Å². The molecule has 2 heterocycles. The lowest BCUT2D eigenvalue weighted by atomic mass is 9.93. The topological polar surface area (TPSA) is 64.6 Å². The Morgan fingerprint density at radius 3 is 2.50 bits per heavy atom. The molecule has 0 spiro atoms. The highest BCUT2D eigenvalue weighted by molar-refractivity contribution is 6.32. The van der Waals surface area contributed by atoms with Gasteiger partial charge in [-0.05, 0) is 45.0 Å². The molecule has 1 aliphatic heterocycles. The van der Waals surface area contributed by atoms with Crippen molar-refractivity contribution in [1.29, 1.82) is 0 Å². The second-order valence-electron chi connectivity index (χ2n) is 7.39. The third kappa shape index (κ3) is 3.98. The number of nitrogens with zero attached hydrogens (tertiary/aromatic N) is 3. The zero-order valence-electron chi connectivity index (χ0n) is 15.5. The summed E-state index contributed by atoms with van der Waals surface area (Å²) in [4.78, 5) is 13.7. The summed E-state index contributed by atoms with van der Waals surface area (Å²) in [5.74, 6) is 0.837. The van der Waals surface area contributed by atoms with Crippen LogP contribution in [0.1, 0.15) is 32.4 Å². The number of hydrogen-bond acceptors (Lipinski definition) is 5. The normalized spacial score (nSPS) is 14.7. The van der Waals surface area contributed by atoms with Crippen molar-refractivity contribution < 1.29 is 14.3 Å². The van der Waals surface area contributed by atoms with E-state index in [9.17, 15) is 4.79 Å². The molecule has 6 nitrogen and oxygen atoms in total. The van der Waals surface area contributed by atoms with E-state index in [0.717, 1.165) is 11.3 Å². The van der Waals surface area contributed by atoms with Gasteiger partial charge in [0.15, 0.2) is 0 Å². The van der Waals surface area contributed by atoms with Gasteiger partial charge < -0.3 is 14.4 Å². The summed E-state index contributed by atoms with van der Waals surface area (Å²) < 4.78 is 10.7. The molecule has 134 valence electrons. The van der Waals surface area contributed by atoms with Crippen LogP contribution in [0.5, 0.6) is 5.75 Å². The number of aromatic nitrogens is 2. The zero-order chi connectivity index (χ0) is 18.9. The lowest BCUT2D eigenvalue weighted by Crippen LogP contribution is -2.50. The fourth-order valence-corrected chi connectivity index (χ4v) is 2.76. The molecule has 0 bridgehead atoms. The van der Waals surface area contributed by atoms with Gasteiger partial charge in [0.25, 0.3) is 0 Å². The molecule has 0 N–H and O–H groups in total. The molecule has 3 rings (SSSR count). The van der Waals surface area contributed by atoms with Crippen molar-refractivity contribution in [2.45, 2.75) is 32.3 Å². The van der Waals surface area contributed by atoms with Crippen LogP contribution in [0.2, 0.25) is 0 Å². The van der Waals surface area contributed by atoms with Gasteiger partial charge in [-0.1, -0.05) is 11.5 Å². The average molecular weight is 351 g/mol. The second kappa shape index (κ2) is 6.98. The van der Waals surface area contributed by atoms with Crippen LogP contribution in [0.15, 0.2) is 30.3 Å². The summed E-state index contributed by atoms with van der Waals surface area (Å²) in [5, 5.41) is 8.64. The molecule has 2 aromatic rings. The number of ether oxygens (including phenoxy) is 2. The molecule has 7 heteroatoms. The monoisotopic (exact) mass is 351 g/mol. The molecule has 1 aromatic heterocycles. The SMILES string of the molecule is [B]c1ccc(-c2ccc(C3CN(C(=O)OC(C)(C)C)C3)nn2)c(OC)c1. The first kappa shape index (κ1) is 18.2. The third-order valence-corrected chi connectivity index (χ3v) is 4.14. The fraction of sp³-hybridized carbons (Fsp3) is 0.421. The summed E-state index contributed by atoms with van der Waals surface area (Å²) in [6, 6.07) is 9.28. The number of likely N-dealkylation sites (tertiary alicyclic amines) is 1. The van der Waals surface area contributed by atoms with E-state index in [0.29, 0.717) is 30.0 Å². The molecular formula is C19H22BN3O3. The van der Waals surface area contributed by atoms with E-state index in [-0.39, 0.29) is 12.0 Å². The lowest BCUT2D eigenvalue weighted by Gasteiger charge is -2.39. The number of carbonyl (C=O) groups excluding carboxylic acids is 1. The standard InChI is InChI=1S/C19H22BN3O3/c1-19(2,3)26-18(24)23-10-12(11-23)15-7-8-16(22-21-15)14-6-5-13(20)9-17(14)25-4/h5-9,12H,10-11H2,1-4H3. The van der Waals surface area contributed by atoms with Crippen LogP contribution < -0.4 is 10.2 Å². The van der Waals surface area contributed by atoms with Crippen LogP contribution in [-0.2, 0) is 4.74 Å². The summed E-state index contributed by atoms with van der Waals surface area (Å²) in [5.41, 5.74) is 2.57. The van der Waals surface area contributed by atoms with E-state index in [1.54, 1.807) is 24.1 Å². The smallest absolute Gasteiger partial charge is 0.410 e. The van der Waals surface area contributed by atoms with Crippen LogP contribution in [-0.4, -0.2) is 54.8 Å². The highest BCUT2D eigenvalue weighted by atomic mass is 16.6. The van der Waals surface area contributed by atoms with E-state index in [4.69, 9.17) is 17.3 Å². The number of amides is 1. The molecule has 2 radical (unpaired) electrons. The van der Waals surface area contributed by atoms with Crippen LogP contribution in [0.25, 0.3) is 11.3 Å². The highest BCUT2D eigenvalue weighted by Gasteiger charge is 2.35. The number of methoxy groups -OCH3 is 1. The zero-order valence-corrected chi connectivity index (χ0v) is 15.5. The number of rotatable bonds is 3. The van der Waals surface area contributed by atoms with E-state index < -0.39 is 5.60 Å². The average Bonchev–Trinajstić information content (AvgIpc) is 2.52. The van der Waals surface area contributed by atoms with Gasteiger partial charge in [0, 0.05) is 24.6 Å². The van der Waals surface area contributed by atoms with Gasteiger partial charge in [-0.2, -0.15) is 10.2 Å².